The van der Waals surface area contributed by atoms with E-state index >= 15 is 0 Å². The van der Waals surface area contributed by atoms with Crippen molar-refractivity contribution in [2.75, 3.05) is 13.7 Å². The average molecular weight is 369 g/mol. The zero-order chi connectivity index (χ0) is 18.7. The van der Waals surface area contributed by atoms with E-state index < -0.39 is 35.6 Å². The Hall–Kier alpha value is -2.06. The summed E-state index contributed by atoms with van der Waals surface area (Å²) < 4.78 is 50.7. The molecule has 8 heteroatoms. The quantitative estimate of drug-likeness (QED) is 0.783. The molecular formula is C18H18F3NO4. The van der Waals surface area contributed by atoms with Crippen molar-refractivity contribution in [2.24, 2.45) is 0 Å². The van der Waals surface area contributed by atoms with Crippen molar-refractivity contribution in [3.8, 4) is 11.5 Å². The molecule has 1 aromatic carbocycles. The van der Waals surface area contributed by atoms with E-state index in [4.69, 9.17) is 9.47 Å². The van der Waals surface area contributed by atoms with Gasteiger partial charge in [-0.2, -0.15) is 13.2 Å². The summed E-state index contributed by atoms with van der Waals surface area (Å²) in [6.07, 6.45) is -1.82. The predicted octanol–water partition coefficient (Wildman–Crippen LogP) is 2.18. The first kappa shape index (κ1) is 17.4. The monoisotopic (exact) mass is 369 g/mol. The van der Waals surface area contributed by atoms with Crippen molar-refractivity contribution in [1.29, 1.82) is 0 Å². The Morgan fingerprint density at radius 1 is 1.42 bits per heavy atom. The van der Waals surface area contributed by atoms with Gasteiger partial charge in [0.2, 0.25) is 0 Å². The molecule has 3 aliphatic rings. The molecule has 1 aromatic rings. The Bertz CT molecular complexity index is 791. The van der Waals surface area contributed by atoms with E-state index in [1.54, 1.807) is 6.08 Å². The summed E-state index contributed by atoms with van der Waals surface area (Å²) in [6, 6.07) is 1.52. The van der Waals surface area contributed by atoms with Crippen LogP contribution in [-0.4, -0.2) is 42.9 Å². The normalized spacial score (nSPS) is 32.3. The fourth-order valence-corrected chi connectivity index (χ4v) is 4.32. The van der Waals surface area contributed by atoms with E-state index in [2.05, 4.69) is 5.32 Å². The summed E-state index contributed by atoms with van der Waals surface area (Å²) in [5.41, 5.74) is 0.119. The van der Waals surface area contributed by atoms with Crippen molar-refractivity contribution >= 4 is 5.78 Å². The molecule has 0 saturated carbocycles. The van der Waals surface area contributed by atoms with Crippen LogP contribution in [0.2, 0.25) is 0 Å². The number of ketones is 1. The van der Waals surface area contributed by atoms with Gasteiger partial charge in [-0.15, -0.1) is 0 Å². The van der Waals surface area contributed by atoms with E-state index in [1.165, 1.54) is 19.2 Å². The minimum Gasteiger partial charge on any atom is -0.493 e. The van der Waals surface area contributed by atoms with Crippen LogP contribution >= 0.6 is 0 Å². The number of hydrogen-bond acceptors (Lipinski definition) is 5. The van der Waals surface area contributed by atoms with Crippen LogP contribution in [-0.2, 0) is 10.2 Å². The highest BCUT2D eigenvalue weighted by atomic mass is 19.4. The number of benzene rings is 1. The Kier molecular flexibility index (Phi) is 3.82. The summed E-state index contributed by atoms with van der Waals surface area (Å²) in [5.74, 6) is -1.07. The fraction of sp³-hybridized carbons (Fsp3) is 0.500. The number of carbonyl (C=O) groups excluding carboxylic acids is 1. The number of aliphatic hydroxyl groups is 1. The Labute approximate surface area is 147 Å². The number of ether oxygens (including phenoxy) is 2. The molecule has 5 nitrogen and oxygen atoms in total. The molecule has 1 unspecified atom stereocenters. The van der Waals surface area contributed by atoms with Crippen LogP contribution < -0.4 is 14.8 Å². The molecule has 0 aromatic heterocycles. The molecule has 4 rings (SSSR count). The molecular weight excluding hydrogens is 351 g/mol. The lowest BCUT2D eigenvalue weighted by Gasteiger charge is -2.35. The van der Waals surface area contributed by atoms with Crippen LogP contribution in [0.25, 0.3) is 0 Å². The first-order valence-electron chi connectivity index (χ1n) is 8.38. The van der Waals surface area contributed by atoms with Crippen molar-refractivity contribution in [3.63, 3.8) is 0 Å². The number of carbonyl (C=O) groups is 1. The molecule has 0 amide bonds. The average Bonchev–Trinajstić information content (AvgIpc) is 2.81. The predicted molar refractivity (Wildman–Crippen MR) is 85.3 cm³/mol. The van der Waals surface area contributed by atoms with Gasteiger partial charge in [-0.3, -0.25) is 4.79 Å². The smallest absolute Gasteiger partial charge is 0.452 e. The lowest BCUT2D eigenvalue weighted by molar-refractivity contribution is -0.173. The van der Waals surface area contributed by atoms with Crippen molar-refractivity contribution < 1.29 is 32.5 Å². The highest BCUT2D eigenvalue weighted by Gasteiger charge is 2.55. The number of nitrogens with one attached hydrogen (secondary N) is 1. The standard InChI is InChI=1S/C18H18F3NO4/c1-25-11-3-2-10-13-15(11)26-12-8-9(23)4-5-17(12,13)6-7-22-14(10)16(24)18(19,20)21/h2-5,9,12,14,22-23H,6-8H2,1H3/t9-,12-,14?,17-/m0/s1. The summed E-state index contributed by atoms with van der Waals surface area (Å²) in [4.78, 5) is 12.0. The maximum Gasteiger partial charge on any atom is 0.452 e. The van der Waals surface area contributed by atoms with Crippen LogP contribution in [0.4, 0.5) is 13.2 Å². The third kappa shape index (κ3) is 2.35. The van der Waals surface area contributed by atoms with Gasteiger partial charge in [0.15, 0.2) is 11.5 Å². The van der Waals surface area contributed by atoms with Crippen molar-refractivity contribution in [3.05, 3.63) is 35.4 Å². The number of rotatable bonds is 2. The van der Waals surface area contributed by atoms with Gasteiger partial charge in [0.05, 0.1) is 18.6 Å². The molecule has 2 aliphatic heterocycles. The Balaban J connectivity index is 1.93. The minimum absolute atomic E-state index is 0.212. The zero-order valence-corrected chi connectivity index (χ0v) is 14.0. The molecule has 0 fully saturated rings. The van der Waals surface area contributed by atoms with Gasteiger partial charge in [0, 0.05) is 12.0 Å². The second-order valence-corrected chi connectivity index (χ2v) is 6.87. The van der Waals surface area contributed by atoms with E-state index in [-0.39, 0.29) is 12.1 Å². The second-order valence-electron chi connectivity index (χ2n) is 6.87. The molecule has 4 atom stereocenters. The first-order valence-corrected chi connectivity index (χ1v) is 8.38. The lowest BCUT2D eigenvalue weighted by atomic mass is 9.68. The summed E-state index contributed by atoms with van der Waals surface area (Å²) in [6.45, 7) is 0.212. The summed E-state index contributed by atoms with van der Waals surface area (Å²) >= 11 is 0. The van der Waals surface area contributed by atoms with Crippen LogP contribution in [0.1, 0.15) is 30.0 Å². The largest absolute Gasteiger partial charge is 0.493 e. The van der Waals surface area contributed by atoms with Gasteiger partial charge in [-0.25, -0.2) is 0 Å². The number of halogens is 3. The Morgan fingerprint density at radius 2 is 2.19 bits per heavy atom. The van der Waals surface area contributed by atoms with Crippen molar-refractivity contribution in [2.45, 2.75) is 42.7 Å². The number of hydrogen-bond donors (Lipinski definition) is 2. The molecule has 2 N–H and O–H groups in total. The van der Waals surface area contributed by atoms with Crippen LogP contribution in [0.5, 0.6) is 11.5 Å². The second kappa shape index (κ2) is 5.72. The Morgan fingerprint density at radius 3 is 2.88 bits per heavy atom. The van der Waals surface area contributed by atoms with Crippen LogP contribution in [0.15, 0.2) is 24.3 Å². The van der Waals surface area contributed by atoms with Crippen molar-refractivity contribution in [1.82, 2.24) is 5.32 Å². The lowest BCUT2D eigenvalue weighted by Crippen LogP contribution is -2.42. The molecule has 26 heavy (non-hydrogen) atoms. The molecule has 0 radical (unpaired) electrons. The van der Waals surface area contributed by atoms with Crippen LogP contribution in [0, 0.1) is 0 Å². The van der Waals surface area contributed by atoms with Gasteiger partial charge in [0.25, 0.3) is 5.78 Å². The fourth-order valence-electron chi connectivity index (χ4n) is 4.32. The van der Waals surface area contributed by atoms with E-state index in [9.17, 15) is 23.1 Å². The molecule has 1 aliphatic carbocycles. The number of Topliss-reactive ketones (excluding diaryl/α,β-unsaturated/α-hetero) is 1. The molecule has 140 valence electrons. The maximum atomic E-state index is 13.1. The topological polar surface area (TPSA) is 67.8 Å². The highest BCUT2D eigenvalue weighted by molar-refractivity contribution is 5.91. The zero-order valence-electron chi connectivity index (χ0n) is 14.0. The van der Waals surface area contributed by atoms with Gasteiger partial charge in [0.1, 0.15) is 12.1 Å². The maximum absolute atomic E-state index is 13.1. The van der Waals surface area contributed by atoms with Gasteiger partial charge in [-0.05, 0) is 24.6 Å². The van der Waals surface area contributed by atoms with E-state index in [0.29, 0.717) is 29.9 Å². The summed E-state index contributed by atoms with van der Waals surface area (Å²) in [7, 11) is 1.45. The van der Waals surface area contributed by atoms with E-state index in [0.717, 1.165) is 0 Å². The third-order valence-corrected chi connectivity index (χ3v) is 5.48. The van der Waals surface area contributed by atoms with Crippen LogP contribution in [0.3, 0.4) is 0 Å². The minimum atomic E-state index is -4.94. The first-order chi connectivity index (χ1) is 12.3. The molecule has 1 spiro atoms. The molecule has 2 heterocycles. The molecule has 0 bridgehead atoms. The molecule has 0 saturated heterocycles. The summed E-state index contributed by atoms with van der Waals surface area (Å²) in [5, 5.41) is 12.7. The number of aliphatic hydroxyl groups excluding tert-OH is 1. The number of methoxy groups -OCH3 is 1. The van der Waals surface area contributed by atoms with Gasteiger partial charge >= 0.3 is 6.18 Å². The van der Waals surface area contributed by atoms with Gasteiger partial charge in [-0.1, -0.05) is 18.2 Å². The van der Waals surface area contributed by atoms with E-state index in [1.807, 2.05) is 6.08 Å². The van der Waals surface area contributed by atoms with Gasteiger partial charge < -0.3 is 19.9 Å². The SMILES string of the molecule is COc1ccc2c3c1O[C@H]1C[C@@H](O)C=C[C@@]31CCNC2C(=O)C(F)(F)F. The highest BCUT2D eigenvalue weighted by Crippen LogP contribution is 2.56. The third-order valence-electron chi connectivity index (χ3n) is 5.48. The number of alkyl halides is 3.